The summed E-state index contributed by atoms with van der Waals surface area (Å²) in [5, 5.41) is 8.11. The van der Waals surface area contributed by atoms with Crippen LogP contribution in [0.15, 0.2) is 53.9 Å². The summed E-state index contributed by atoms with van der Waals surface area (Å²) in [5.74, 6) is 0.876. The van der Waals surface area contributed by atoms with E-state index in [1.165, 1.54) is 59.8 Å². The molecule has 4 aromatic rings. The number of aromatic nitrogens is 2. The normalized spacial score (nSPS) is 14.8. The first-order valence-corrected chi connectivity index (χ1v) is 12.0. The van der Waals surface area contributed by atoms with Crippen molar-refractivity contribution in [3.8, 4) is 17.0 Å². The van der Waals surface area contributed by atoms with E-state index in [4.69, 9.17) is 9.72 Å². The van der Waals surface area contributed by atoms with E-state index in [0.717, 1.165) is 23.1 Å². The van der Waals surface area contributed by atoms with Crippen LogP contribution < -0.4 is 10.1 Å². The summed E-state index contributed by atoms with van der Waals surface area (Å²) >= 11 is 1.72. The fourth-order valence-electron chi connectivity index (χ4n) is 4.76. The third-order valence-corrected chi connectivity index (χ3v) is 7.18. The Morgan fingerprint density at radius 2 is 1.90 bits per heavy atom. The lowest BCUT2D eigenvalue weighted by Crippen LogP contribution is -2.21. The van der Waals surface area contributed by atoms with Crippen LogP contribution in [0.5, 0.6) is 5.75 Å². The lowest BCUT2D eigenvalue weighted by atomic mass is 9.96. The Bertz CT molecular complexity index is 1170. The second kappa shape index (κ2) is 8.75. The molecule has 1 aliphatic carbocycles. The molecule has 31 heavy (non-hydrogen) atoms. The highest BCUT2D eigenvalue weighted by atomic mass is 32.1. The molecule has 0 saturated heterocycles. The minimum atomic E-state index is 0.563. The van der Waals surface area contributed by atoms with Crippen LogP contribution in [0.25, 0.3) is 22.2 Å². The lowest BCUT2D eigenvalue weighted by Gasteiger charge is -2.22. The average Bonchev–Trinajstić information content (AvgIpc) is 3.36. The number of rotatable bonds is 6. The number of anilines is 1. The smallest absolute Gasteiger partial charge is 0.183 e. The molecule has 160 valence electrons. The summed E-state index contributed by atoms with van der Waals surface area (Å²) in [4.78, 5) is 5.01. The number of fused-ring (bicyclic) bond motifs is 1. The Morgan fingerprint density at radius 3 is 2.68 bits per heavy atom. The molecule has 5 heteroatoms. The van der Waals surface area contributed by atoms with Crippen LogP contribution in [0.2, 0.25) is 0 Å². The third kappa shape index (κ3) is 4.07. The molecule has 0 atom stereocenters. The van der Waals surface area contributed by atoms with E-state index >= 15 is 0 Å². The maximum atomic E-state index is 5.55. The predicted octanol–water partition coefficient (Wildman–Crippen LogP) is 6.87. The van der Waals surface area contributed by atoms with E-state index in [2.05, 4.69) is 64.7 Å². The Morgan fingerprint density at radius 1 is 1.10 bits per heavy atom. The van der Waals surface area contributed by atoms with Crippen molar-refractivity contribution in [1.82, 2.24) is 9.55 Å². The molecule has 2 aromatic heterocycles. The van der Waals surface area contributed by atoms with Gasteiger partial charge in [0.25, 0.3) is 0 Å². The van der Waals surface area contributed by atoms with Crippen molar-refractivity contribution >= 4 is 27.4 Å². The van der Waals surface area contributed by atoms with Gasteiger partial charge in [0.2, 0.25) is 0 Å². The van der Waals surface area contributed by atoms with Gasteiger partial charge < -0.3 is 14.6 Å². The Kier molecular flexibility index (Phi) is 5.68. The van der Waals surface area contributed by atoms with Crippen molar-refractivity contribution in [3.63, 3.8) is 0 Å². The molecule has 4 nitrogen and oxygen atoms in total. The second-order valence-electron chi connectivity index (χ2n) is 8.43. The van der Waals surface area contributed by atoms with Gasteiger partial charge in [0.1, 0.15) is 5.75 Å². The summed E-state index contributed by atoms with van der Waals surface area (Å²) in [6.07, 6.45) is 6.51. The van der Waals surface area contributed by atoms with Crippen molar-refractivity contribution in [2.24, 2.45) is 0 Å². The van der Waals surface area contributed by atoms with Crippen LogP contribution >= 0.6 is 11.3 Å². The molecule has 0 unspecified atom stereocenters. The first kappa shape index (κ1) is 20.1. The first-order valence-electron chi connectivity index (χ1n) is 11.2. The van der Waals surface area contributed by atoms with Crippen molar-refractivity contribution in [1.29, 1.82) is 0 Å². The van der Waals surface area contributed by atoms with E-state index in [1.807, 2.05) is 6.07 Å². The van der Waals surface area contributed by atoms with E-state index in [-0.39, 0.29) is 0 Å². The van der Waals surface area contributed by atoms with Gasteiger partial charge in [-0.1, -0.05) is 49.6 Å². The summed E-state index contributed by atoms with van der Waals surface area (Å²) in [6.45, 7) is 3.05. The first-order chi connectivity index (χ1) is 15.2. The van der Waals surface area contributed by atoms with Crippen molar-refractivity contribution < 1.29 is 4.74 Å². The quantitative estimate of drug-likeness (QED) is 0.362. The number of methoxy groups -OCH3 is 1. The lowest BCUT2D eigenvalue weighted by molar-refractivity contribution is 0.415. The third-order valence-electron chi connectivity index (χ3n) is 6.41. The molecule has 2 aromatic carbocycles. The number of nitrogens with zero attached hydrogens (tertiary/aromatic N) is 2. The van der Waals surface area contributed by atoms with Gasteiger partial charge in [-0.25, -0.2) is 4.98 Å². The summed E-state index contributed by atoms with van der Waals surface area (Å²) in [6, 6.07) is 17.6. The molecule has 1 N–H and O–H groups in total. The maximum absolute atomic E-state index is 5.55. The van der Waals surface area contributed by atoms with E-state index < -0.39 is 0 Å². The van der Waals surface area contributed by atoms with Gasteiger partial charge in [-0.2, -0.15) is 0 Å². The molecule has 1 saturated carbocycles. The SMILES string of the molecule is COc1ccc2c(c1)c(-c1csc(NC3CCCCC3)n1)c(C)n2Cc1ccccc1. The molecule has 5 rings (SSSR count). The van der Waals surface area contributed by atoms with Crippen molar-refractivity contribution in [2.75, 3.05) is 12.4 Å². The standard InChI is InChI=1S/C26H29N3OS/c1-18-25(23-17-31-26(28-23)27-20-11-7-4-8-12-20)22-15-21(30-2)13-14-24(22)29(18)16-19-9-5-3-6-10-19/h3,5-6,9-10,13-15,17,20H,4,7-8,11-12,16H2,1-2H3,(H,27,28). The molecular formula is C26H29N3OS. The molecule has 0 bridgehead atoms. The topological polar surface area (TPSA) is 39.1 Å². The zero-order chi connectivity index (χ0) is 21.2. The molecule has 2 heterocycles. The van der Waals surface area contributed by atoms with Gasteiger partial charge >= 0.3 is 0 Å². The van der Waals surface area contributed by atoms with Gasteiger partial charge in [-0.05, 0) is 43.5 Å². The Labute approximate surface area is 187 Å². The molecule has 1 aliphatic rings. The van der Waals surface area contributed by atoms with Crippen LogP contribution in [-0.2, 0) is 6.54 Å². The summed E-state index contributed by atoms with van der Waals surface area (Å²) in [7, 11) is 1.73. The number of benzene rings is 2. The largest absolute Gasteiger partial charge is 0.497 e. The van der Waals surface area contributed by atoms with Crippen LogP contribution in [0.4, 0.5) is 5.13 Å². The molecule has 0 radical (unpaired) electrons. The van der Waals surface area contributed by atoms with Crippen LogP contribution in [0.1, 0.15) is 43.4 Å². The van der Waals surface area contributed by atoms with Crippen molar-refractivity contribution in [2.45, 2.75) is 51.6 Å². The number of hydrogen-bond acceptors (Lipinski definition) is 4. The summed E-state index contributed by atoms with van der Waals surface area (Å²) < 4.78 is 7.94. The highest BCUT2D eigenvalue weighted by Gasteiger charge is 2.20. The zero-order valence-electron chi connectivity index (χ0n) is 18.2. The van der Waals surface area contributed by atoms with Gasteiger partial charge in [0, 0.05) is 40.1 Å². The highest BCUT2D eigenvalue weighted by molar-refractivity contribution is 7.14. The second-order valence-corrected chi connectivity index (χ2v) is 9.29. The van der Waals surface area contributed by atoms with Gasteiger partial charge in [-0.15, -0.1) is 11.3 Å². The molecule has 0 spiro atoms. The molecule has 0 amide bonds. The molecule has 0 aliphatic heterocycles. The minimum Gasteiger partial charge on any atom is -0.497 e. The molecular weight excluding hydrogens is 402 g/mol. The Hall–Kier alpha value is -2.79. The number of ether oxygens (including phenoxy) is 1. The van der Waals surface area contributed by atoms with Gasteiger partial charge in [-0.3, -0.25) is 0 Å². The number of thiazole rings is 1. The monoisotopic (exact) mass is 431 g/mol. The maximum Gasteiger partial charge on any atom is 0.183 e. The highest BCUT2D eigenvalue weighted by Crippen LogP contribution is 2.38. The fourth-order valence-corrected chi connectivity index (χ4v) is 5.54. The fraction of sp³-hybridized carbons (Fsp3) is 0.346. The zero-order valence-corrected chi connectivity index (χ0v) is 19.0. The van der Waals surface area contributed by atoms with E-state index in [1.54, 1.807) is 18.4 Å². The average molecular weight is 432 g/mol. The van der Waals surface area contributed by atoms with E-state index in [0.29, 0.717) is 6.04 Å². The van der Waals surface area contributed by atoms with Crippen LogP contribution in [0.3, 0.4) is 0 Å². The summed E-state index contributed by atoms with van der Waals surface area (Å²) in [5.41, 5.74) is 6.00. The Balaban J connectivity index is 1.55. The minimum absolute atomic E-state index is 0.563. The number of hydrogen-bond donors (Lipinski definition) is 1. The van der Waals surface area contributed by atoms with Crippen LogP contribution in [0, 0.1) is 6.92 Å². The van der Waals surface area contributed by atoms with Crippen molar-refractivity contribution in [3.05, 3.63) is 65.2 Å². The van der Waals surface area contributed by atoms with E-state index in [9.17, 15) is 0 Å². The molecule has 1 fully saturated rings. The predicted molar refractivity (Wildman–Crippen MR) is 130 cm³/mol. The van der Waals surface area contributed by atoms with Gasteiger partial charge in [0.15, 0.2) is 5.13 Å². The van der Waals surface area contributed by atoms with Gasteiger partial charge in [0.05, 0.1) is 12.8 Å². The number of nitrogens with one attached hydrogen (secondary N) is 1. The van der Waals surface area contributed by atoms with Crippen LogP contribution in [-0.4, -0.2) is 22.7 Å².